The molecule has 1 aliphatic heterocycles. The lowest BCUT2D eigenvalue weighted by molar-refractivity contribution is 0.0998. The molecule has 6 rings (SSSR count). The number of hydrogen-bond donors (Lipinski definition) is 3. The van der Waals surface area contributed by atoms with Gasteiger partial charge in [0.05, 0.1) is 23.4 Å². The van der Waals surface area contributed by atoms with Crippen molar-refractivity contribution < 1.29 is 14.3 Å². The van der Waals surface area contributed by atoms with Gasteiger partial charge in [-0.3, -0.25) is 14.3 Å². The number of primary amides is 1. The molecule has 5 N–H and O–H groups in total. The van der Waals surface area contributed by atoms with Crippen molar-refractivity contribution in [2.75, 3.05) is 12.3 Å². The molecule has 1 amide bonds. The minimum absolute atomic E-state index is 0.0853. The van der Waals surface area contributed by atoms with Crippen molar-refractivity contribution in [3.8, 4) is 16.8 Å². The summed E-state index contributed by atoms with van der Waals surface area (Å²) in [5.41, 5.74) is 14.2. The number of fused-ring (bicyclic) bond motifs is 2. The van der Waals surface area contributed by atoms with E-state index >= 15 is 4.39 Å². The van der Waals surface area contributed by atoms with Crippen molar-refractivity contribution in [1.82, 2.24) is 23.9 Å². The molecule has 0 spiro atoms. The summed E-state index contributed by atoms with van der Waals surface area (Å²) >= 11 is 0. The first-order valence-corrected chi connectivity index (χ1v) is 12.1. The Morgan fingerprint density at radius 1 is 1.13 bits per heavy atom. The molecule has 1 aliphatic rings. The van der Waals surface area contributed by atoms with Crippen LogP contribution >= 0.6 is 0 Å². The van der Waals surface area contributed by atoms with E-state index in [0.717, 1.165) is 0 Å². The topological polar surface area (TPSA) is 147 Å². The lowest BCUT2D eigenvalue weighted by Gasteiger charge is -2.13. The summed E-state index contributed by atoms with van der Waals surface area (Å²) < 4.78 is 20.6. The third kappa shape index (κ3) is 3.51. The highest BCUT2D eigenvalue weighted by Gasteiger charge is 2.35. The number of nitrogen functional groups attached to an aromatic ring is 1. The van der Waals surface area contributed by atoms with Crippen LogP contribution in [0.25, 0.3) is 27.8 Å². The van der Waals surface area contributed by atoms with Crippen LogP contribution in [0.1, 0.15) is 34.0 Å². The van der Waals surface area contributed by atoms with Crippen LogP contribution in [0.3, 0.4) is 0 Å². The lowest BCUT2D eigenvalue weighted by Crippen LogP contribution is -2.26. The fourth-order valence-corrected chi connectivity index (χ4v) is 5.50. The average Bonchev–Trinajstić information content (AvgIpc) is 3.56. The molecule has 4 heterocycles. The van der Waals surface area contributed by atoms with Gasteiger partial charge in [-0.1, -0.05) is 30.3 Å². The minimum atomic E-state index is -0.815. The molecular formula is C27H24FN7O3. The van der Waals surface area contributed by atoms with E-state index < -0.39 is 23.2 Å². The largest absolute Gasteiger partial charge is 0.395 e. The number of amides is 1. The monoisotopic (exact) mass is 513 g/mol. The maximum atomic E-state index is 15.7. The van der Waals surface area contributed by atoms with Crippen LogP contribution in [0.2, 0.25) is 0 Å². The number of aromatic nitrogens is 5. The number of carbonyl (C=O) groups excluding carboxylic acids is 1. The van der Waals surface area contributed by atoms with Crippen molar-refractivity contribution in [2.24, 2.45) is 5.73 Å². The average molecular weight is 514 g/mol. The first-order valence-electron chi connectivity index (χ1n) is 12.1. The number of carbonyl (C=O) groups is 1. The van der Waals surface area contributed by atoms with E-state index in [1.54, 1.807) is 39.7 Å². The Morgan fingerprint density at radius 2 is 1.92 bits per heavy atom. The summed E-state index contributed by atoms with van der Waals surface area (Å²) in [5.74, 6) is -1.51. The fraction of sp³-hybridized carbons (Fsp3) is 0.185. The van der Waals surface area contributed by atoms with Gasteiger partial charge >= 0.3 is 0 Å². The van der Waals surface area contributed by atoms with E-state index in [1.807, 2.05) is 18.2 Å². The summed E-state index contributed by atoms with van der Waals surface area (Å²) in [6, 6.07) is 13.9. The van der Waals surface area contributed by atoms with Gasteiger partial charge in [-0.05, 0) is 30.2 Å². The Kier molecular flexibility index (Phi) is 5.57. The zero-order valence-electron chi connectivity index (χ0n) is 20.2. The summed E-state index contributed by atoms with van der Waals surface area (Å²) in [6.45, 7) is 0.604. The van der Waals surface area contributed by atoms with Crippen LogP contribution in [0.4, 0.5) is 10.2 Å². The summed E-state index contributed by atoms with van der Waals surface area (Å²) in [5, 5.41) is 9.95. The van der Waals surface area contributed by atoms with E-state index in [0.29, 0.717) is 52.1 Å². The Morgan fingerprint density at radius 3 is 2.63 bits per heavy atom. The number of nitrogens with zero attached hydrogens (tertiary/aromatic N) is 5. The number of nitrogens with two attached hydrogens (primary N) is 2. The van der Waals surface area contributed by atoms with Gasteiger partial charge in [-0.25, -0.2) is 19.0 Å². The Bertz CT molecular complexity index is 1770. The van der Waals surface area contributed by atoms with Crippen LogP contribution in [-0.2, 0) is 13.1 Å². The molecular weight excluding hydrogens is 489 g/mol. The van der Waals surface area contributed by atoms with Crippen molar-refractivity contribution in [2.45, 2.75) is 25.4 Å². The molecule has 38 heavy (non-hydrogen) atoms. The number of halogens is 1. The van der Waals surface area contributed by atoms with Crippen LogP contribution in [0.5, 0.6) is 0 Å². The summed E-state index contributed by atoms with van der Waals surface area (Å²) in [7, 11) is 0. The molecule has 11 heteroatoms. The second-order valence-corrected chi connectivity index (χ2v) is 9.20. The van der Waals surface area contributed by atoms with Crippen molar-refractivity contribution in [3.05, 3.63) is 94.0 Å². The number of aliphatic hydroxyl groups is 1. The number of benzene rings is 2. The SMILES string of the molecule is NC(=O)c1c2n(n(-c3ccccc3)c1=O)CCC2c1ccc(-c2cn(CCO)c3ncnc(N)c23)c(F)c1. The molecule has 10 nitrogen and oxygen atoms in total. The van der Waals surface area contributed by atoms with E-state index in [4.69, 9.17) is 11.5 Å². The van der Waals surface area contributed by atoms with Gasteiger partial charge in [0.15, 0.2) is 0 Å². The van der Waals surface area contributed by atoms with E-state index in [1.165, 1.54) is 17.1 Å². The first-order chi connectivity index (χ1) is 18.4. The van der Waals surface area contributed by atoms with Crippen LogP contribution in [-0.4, -0.2) is 41.5 Å². The lowest BCUT2D eigenvalue weighted by atomic mass is 9.91. The third-order valence-electron chi connectivity index (χ3n) is 7.10. The first kappa shape index (κ1) is 23.6. The van der Waals surface area contributed by atoms with Crippen molar-refractivity contribution in [1.29, 1.82) is 0 Å². The van der Waals surface area contributed by atoms with E-state index in [9.17, 15) is 14.7 Å². The highest BCUT2D eigenvalue weighted by atomic mass is 19.1. The molecule has 0 fully saturated rings. The zero-order chi connectivity index (χ0) is 26.6. The Hall–Kier alpha value is -4.77. The predicted molar refractivity (Wildman–Crippen MR) is 139 cm³/mol. The molecule has 1 unspecified atom stereocenters. The second-order valence-electron chi connectivity index (χ2n) is 9.20. The summed E-state index contributed by atoms with van der Waals surface area (Å²) in [4.78, 5) is 34.0. The van der Waals surface area contributed by atoms with Crippen LogP contribution in [0, 0.1) is 5.82 Å². The van der Waals surface area contributed by atoms with Gasteiger partial charge in [0.25, 0.3) is 11.5 Å². The molecule has 192 valence electrons. The number of anilines is 1. The standard InChI is InChI=1S/C27H24FN7O3/c28-20-12-15(6-7-18(20)19-13-33(10-11-36)26-21(19)24(29)31-14-32-26)17-8-9-34-23(17)22(25(30)37)27(38)35(34)16-4-2-1-3-5-16/h1-7,12-14,17,36H,8-11H2,(H2,30,37)(H2,29,31,32). The molecule has 3 aromatic heterocycles. The van der Waals surface area contributed by atoms with E-state index in [-0.39, 0.29) is 24.5 Å². The smallest absolute Gasteiger partial charge is 0.284 e. The number of aliphatic hydroxyl groups excluding tert-OH is 1. The molecule has 5 aromatic rings. The fourth-order valence-electron chi connectivity index (χ4n) is 5.50. The second kappa shape index (κ2) is 8.96. The van der Waals surface area contributed by atoms with Gasteiger partial charge in [0.1, 0.15) is 29.2 Å². The van der Waals surface area contributed by atoms with Gasteiger partial charge in [-0.2, -0.15) is 0 Å². The molecule has 0 radical (unpaired) electrons. The molecule has 0 aliphatic carbocycles. The van der Waals surface area contributed by atoms with Crippen LogP contribution < -0.4 is 17.0 Å². The Labute approximate surface area is 215 Å². The molecule has 1 atom stereocenters. The normalized spacial score (nSPS) is 14.7. The summed E-state index contributed by atoms with van der Waals surface area (Å²) in [6.07, 6.45) is 3.59. The number of para-hydroxylation sites is 1. The Balaban J connectivity index is 1.47. The number of hydrogen-bond acceptors (Lipinski definition) is 6. The van der Waals surface area contributed by atoms with E-state index in [2.05, 4.69) is 9.97 Å². The maximum Gasteiger partial charge on any atom is 0.284 e. The zero-order valence-corrected chi connectivity index (χ0v) is 20.2. The van der Waals surface area contributed by atoms with Gasteiger partial charge < -0.3 is 21.1 Å². The highest BCUT2D eigenvalue weighted by molar-refractivity contribution is 6.00. The molecule has 2 aromatic carbocycles. The molecule has 0 saturated heterocycles. The number of rotatable bonds is 6. The van der Waals surface area contributed by atoms with Crippen molar-refractivity contribution >= 4 is 22.8 Å². The van der Waals surface area contributed by atoms with Gasteiger partial charge in [-0.15, -0.1) is 0 Å². The third-order valence-corrected chi connectivity index (χ3v) is 7.10. The molecule has 0 saturated carbocycles. The predicted octanol–water partition coefficient (Wildman–Crippen LogP) is 2.40. The van der Waals surface area contributed by atoms with Crippen molar-refractivity contribution in [3.63, 3.8) is 0 Å². The van der Waals surface area contributed by atoms with Gasteiger partial charge in [0.2, 0.25) is 0 Å². The maximum absolute atomic E-state index is 15.7. The molecule has 0 bridgehead atoms. The van der Waals surface area contributed by atoms with Crippen LogP contribution in [0.15, 0.2) is 65.8 Å². The quantitative estimate of drug-likeness (QED) is 0.318. The minimum Gasteiger partial charge on any atom is -0.395 e. The van der Waals surface area contributed by atoms with Gasteiger partial charge in [0, 0.05) is 36.3 Å². The highest BCUT2D eigenvalue weighted by Crippen LogP contribution is 2.39.